The topological polar surface area (TPSA) is 104 Å². The van der Waals surface area contributed by atoms with Crippen molar-refractivity contribution in [3.05, 3.63) is 125 Å². The Hall–Kier alpha value is -4.65. The molecule has 0 aliphatic rings. The number of benzene rings is 4. The molecule has 260 valence electrons. The molecule has 0 spiro atoms. The fraction of sp³-hybridized carbons (Fsp3) is 0.282. The largest absolute Gasteiger partial charge is 0.497 e. The van der Waals surface area contributed by atoms with Crippen molar-refractivity contribution < 1.29 is 29.0 Å². The Balaban J connectivity index is 0.000000334. The van der Waals surface area contributed by atoms with Gasteiger partial charge >= 0.3 is 0 Å². The quantitative estimate of drug-likeness (QED) is 0.153. The van der Waals surface area contributed by atoms with E-state index in [1.54, 1.807) is 68.7 Å². The molecule has 0 atom stereocenters. The Labute approximate surface area is 293 Å². The molecule has 0 bridgehead atoms. The molecule has 0 radical (unpaired) electrons. The van der Waals surface area contributed by atoms with E-state index in [0.717, 1.165) is 16.9 Å². The standard InChI is InChI=1S/C20H26N2O2Si.C18H20O4Si.CH4/c1-21(2)17-11-7-15(8-12-17)19(23)25(5,6)20(24)16-9-13-18(14-10-16)22(3)4;1-22-16-10-8-15(9-11-16)18(21)23(2,3)17(20)14-6-4-13(12-19)5-7-14;/h7-14H,1-6H3;4-11,19H,12H2,1-3H3;1H4. The lowest BCUT2D eigenvalue weighted by atomic mass is 10.1. The summed E-state index contributed by atoms with van der Waals surface area (Å²) in [5.41, 5.74) is 5.07. The van der Waals surface area contributed by atoms with Crippen molar-refractivity contribution in [3.8, 4) is 5.75 Å². The van der Waals surface area contributed by atoms with Crippen LogP contribution in [0.25, 0.3) is 0 Å². The smallest absolute Gasteiger partial charge is 0.214 e. The highest BCUT2D eigenvalue weighted by Gasteiger charge is 2.41. The van der Waals surface area contributed by atoms with Gasteiger partial charge in [0.15, 0.2) is 0 Å². The molecule has 0 unspecified atom stereocenters. The molecule has 4 aromatic carbocycles. The molecular formula is C39H50N2O6Si2. The van der Waals surface area contributed by atoms with Crippen molar-refractivity contribution in [3.63, 3.8) is 0 Å². The minimum absolute atomic E-state index is 0. The van der Waals surface area contributed by atoms with Crippen LogP contribution < -0.4 is 14.5 Å². The summed E-state index contributed by atoms with van der Waals surface area (Å²) in [4.78, 5) is 55.4. The summed E-state index contributed by atoms with van der Waals surface area (Å²) in [6.07, 6.45) is 0. The first-order chi connectivity index (χ1) is 22.5. The van der Waals surface area contributed by atoms with E-state index in [2.05, 4.69) is 0 Å². The van der Waals surface area contributed by atoms with Gasteiger partial charge in [0.05, 0.1) is 13.7 Å². The minimum Gasteiger partial charge on any atom is -0.497 e. The second-order valence-electron chi connectivity index (χ2n) is 13.0. The molecule has 0 fully saturated rings. The molecule has 8 nitrogen and oxygen atoms in total. The summed E-state index contributed by atoms with van der Waals surface area (Å²) in [6, 6.07) is 28.5. The first-order valence-electron chi connectivity index (χ1n) is 15.6. The van der Waals surface area contributed by atoms with E-state index in [1.165, 1.54) is 0 Å². The van der Waals surface area contributed by atoms with Gasteiger partial charge in [-0.05, 0) is 78.4 Å². The average molecular weight is 699 g/mol. The Bertz CT molecular complexity index is 1600. The van der Waals surface area contributed by atoms with Crippen LogP contribution in [-0.2, 0) is 6.61 Å². The van der Waals surface area contributed by atoms with Crippen molar-refractivity contribution in [1.82, 2.24) is 0 Å². The van der Waals surface area contributed by atoms with Crippen molar-refractivity contribution in [2.75, 3.05) is 45.1 Å². The van der Waals surface area contributed by atoms with E-state index in [1.807, 2.05) is 99.6 Å². The predicted octanol–water partition coefficient (Wildman–Crippen LogP) is 7.35. The maximum Gasteiger partial charge on any atom is 0.214 e. The zero-order valence-electron chi connectivity index (χ0n) is 29.3. The fourth-order valence-corrected chi connectivity index (χ4v) is 8.94. The summed E-state index contributed by atoms with van der Waals surface area (Å²) in [5.74, 6) is 0.673. The number of carbonyl (C=O) groups is 4. The van der Waals surface area contributed by atoms with Crippen molar-refractivity contribution in [1.29, 1.82) is 0 Å². The number of carbonyl (C=O) groups excluding carboxylic acids is 4. The van der Waals surface area contributed by atoms with Gasteiger partial charge in [-0.3, -0.25) is 19.2 Å². The Morgan fingerprint density at radius 2 is 0.796 bits per heavy atom. The van der Waals surface area contributed by atoms with Crippen LogP contribution in [0.4, 0.5) is 11.4 Å². The number of rotatable bonds is 12. The molecular weight excluding hydrogens is 649 g/mol. The molecule has 0 aliphatic carbocycles. The lowest BCUT2D eigenvalue weighted by molar-refractivity contribution is 0.101. The van der Waals surface area contributed by atoms with E-state index in [-0.39, 0.29) is 35.7 Å². The van der Waals surface area contributed by atoms with Crippen LogP contribution in [0.1, 0.15) is 54.4 Å². The molecule has 0 aliphatic heterocycles. The zero-order chi connectivity index (χ0) is 35.8. The maximum absolute atomic E-state index is 13.0. The summed E-state index contributed by atoms with van der Waals surface area (Å²) in [5, 5.41) is 8.80. The highest BCUT2D eigenvalue weighted by atomic mass is 28.3. The van der Waals surface area contributed by atoms with Crippen LogP contribution in [-0.4, -0.2) is 78.2 Å². The number of nitrogens with zero attached hydrogens (tertiary/aromatic N) is 2. The average Bonchev–Trinajstić information content (AvgIpc) is 3.10. The van der Waals surface area contributed by atoms with Gasteiger partial charge in [0.1, 0.15) is 27.4 Å². The molecule has 0 saturated carbocycles. The first kappa shape index (κ1) is 40.5. The fourth-order valence-electron chi connectivity index (χ4n) is 4.98. The van der Waals surface area contributed by atoms with E-state index >= 15 is 0 Å². The lowest BCUT2D eigenvalue weighted by Gasteiger charge is -2.20. The van der Waals surface area contributed by atoms with E-state index in [0.29, 0.717) is 28.0 Å². The zero-order valence-corrected chi connectivity index (χ0v) is 31.3. The summed E-state index contributed by atoms with van der Waals surface area (Å²) >= 11 is 0. The number of anilines is 2. The van der Waals surface area contributed by atoms with Crippen LogP contribution in [0.2, 0.25) is 26.2 Å². The van der Waals surface area contributed by atoms with Crippen LogP contribution in [0.5, 0.6) is 5.75 Å². The van der Waals surface area contributed by atoms with Crippen LogP contribution in [0.15, 0.2) is 97.1 Å². The molecule has 0 aromatic heterocycles. The second kappa shape index (κ2) is 17.1. The van der Waals surface area contributed by atoms with Crippen molar-refractivity contribution >= 4 is 49.1 Å². The number of hydrogen-bond acceptors (Lipinski definition) is 8. The maximum atomic E-state index is 13.0. The minimum atomic E-state index is -2.83. The summed E-state index contributed by atoms with van der Waals surface area (Å²) in [7, 11) is 3.77. The van der Waals surface area contributed by atoms with Gasteiger partial charge < -0.3 is 19.6 Å². The molecule has 0 saturated heterocycles. The van der Waals surface area contributed by atoms with Crippen LogP contribution >= 0.6 is 0 Å². The van der Waals surface area contributed by atoms with Crippen molar-refractivity contribution in [2.45, 2.75) is 40.2 Å². The van der Waals surface area contributed by atoms with Crippen molar-refractivity contribution in [2.24, 2.45) is 0 Å². The van der Waals surface area contributed by atoms with Gasteiger partial charge in [-0.15, -0.1) is 0 Å². The van der Waals surface area contributed by atoms with Gasteiger partial charge in [-0.1, -0.05) is 57.9 Å². The Morgan fingerprint density at radius 3 is 1.04 bits per heavy atom. The van der Waals surface area contributed by atoms with E-state index < -0.39 is 16.1 Å². The molecule has 4 aromatic rings. The predicted molar refractivity (Wildman–Crippen MR) is 206 cm³/mol. The number of aliphatic hydroxyl groups is 1. The number of methoxy groups -OCH3 is 1. The third-order valence-corrected chi connectivity index (χ3v) is 14.0. The normalized spacial score (nSPS) is 10.9. The number of hydrogen-bond donors (Lipinski definition) is 1. The number of aliphatic hydroxyl groups excluding tert-OH is 1. The SMILES string of the molecule is C.CN(C)c1ccc(C(=O)[Si](C)(C)C(=O)c2ccc(N(C)C)cc2)cc1.COc1ccc(C(=O)[Si](C)(C)C(=O)c2ccc(CO)cc2)cc1. The van der Waals surface area contributed by atoms with Gasteiger partial charge in [0.2, 0.25) is 16.1 Å². The van der Waals surface area contributed by atoms with Crippen LogP contribution in [0, 0.1) is 0 Å². The third kappa shape index (κ3) is 9.72. The molecule has 0 heterocycles. The first-order valence-corrected chi connectivity index (χ1v) is 21.6. The second-order valence-corrected chi connectivity index (χ2v) is 21.3. The number of ether oxygens (including phenoxy) is 1. The van der Waals surface area contributed by atoms with Gasteiger partial charge in [-0.25, -0.2) is 0 Å². The summed E-state index contributed by atoms with van der Waals surface area (Å²) in [6.45, 7) is 7.12. The lowest BCUT2D eigenvalue weighted by Crippen LogP contribution is -2.46. The highest BCUT2D eigenvalue weighted by molar-refractivity contribution is 7.26. The summed E-state index contributed by atoms with van der Waals surface area (Å²) < 4.78 is 5.09. The third-order valence-electron chi connectivity index (χ3n) is 8.31. The Kier molecular flexibility index (Phi) is 14.2. The molecule has 0 amide bonds. The molecule has 10 heteroatoms. The van der Waals surface area contributed by atoms with Gasteiger partial charge in [-0.2, -0.15) is 0 Å². The van der Waals surface area contributed by atoms with Crippen LogP contribution in [0.3, 0.4) is 0 Å². The highest BCUT2D eigenvalue weighted by Crippen LogP contribution is 2.23. The monoisotopic (exact) mass is 698 g/mol. The van der Waals surface area contributed by atoms with Gasteiger partial charge in [0.25, 0.3) is 0 Å². The van der Waals surface area contributed by atoms with E-state index in [9.17, 15) is 19.2 Å². The molecule has 4 rings (SSSR count). The Morgan fingerprint density at radius 1 is 0.531 bits per heavy atom. The van der Waals surface area contributed by atoms with Gasteiger partial charge in [0, 0.05) is 61.8 Å². The van der Waals surface area contributed by atoms with E-state index in [4.69, 9.17) is 9.84 Å². The molecule has 1 N–H and O–H groups in total. The molecule has 49 heavy (non-hydrogen) atoms.